The molecule has 1 N–H and O–H groups in total. The number of carbonyl (C=O) groups excluding carboxylic acids is 1. The number of carboxylic acid groups (broad SMARTS) is 1. The number of piperidine rings is 1. The highest BCUT2D eigenvalue weighted by atomic mass is 35.5. The number of likely N-dealkylation sites (tertiary alicyclic amines) is 2. The van der Waals surface area contributed by atoms with E-state index in [1.54, 1.807) is 4.90 Å². The minimum atomic E-state index is -1.19. The summed E-state index contributed by atoms with van der Waals surface area (Å²) in [5.41, 5.74) is 5.85. The number of hydrogen-bond acceptors (Lipinski definition) is 9. The van der Waals surface area contributed by atoms with Crippen molar-refractivity contribution in [2.45, 2.75) is 70.6 Å². The van der Waals surface area contributed by atoms with Crippen molar-refractivity contribution < 1.29 is 24.2 Å². The van der Waals surface area contributed by atoms with Gasteiger partial charge in [-0.05, 0) is 95.4 Å². The lowest BCUT2D eigenvalue weighted by atomic mass is 9.91. The number of methoxy groups -OCH3 is 1. The average Bonchev–Trinajstić information content (AvgIpc) is 3.84. The number of hydrogen-bond donors (Lipinski definition) is 1. The largest absolute Gasteiger partial charge is 0.479 e. The highest BCUT2D eigenvalue weighted by Gasteiger charge is 2.35. The number of thiazole rings is 1. The maximum Gasteiger partial charge on any atom is 0.409 e. The van der Waals surface area contributed by atoms with E-state index in [-0.39, 0.29) is 12.0 Å². The van der Waals surface area contributed by atoms with Gasteiger partial charge in [-0.25, -0.2) is 19.6 Å². The number of aryl methyl sites for hydroxylation is 2. The predicted octanol–water partition coefficient (Wildman–Crippen LogP) is 7.83. The molecule has 5 aromatic rings. The summed E-state index contributed by atoms with van der Waals surface area (Å²) in [6.07, 6.45) is 3.32. The first-order valence-corrected chi connectivity index (χ1v) is 18.5. The van der Waals surface area contributed by atoms with E-state index in [1.165, 1.54) is 18.4 Å². The summed E-state index contributed by atoms with van der Waals surface area (Å²) < 4.78 is 13.9. The van der Waals surface area contributed by atoms with Crippen LogP contribution in [-0.2, 0) is 21.3 Å². The van der Waals surface area contributed by atoms with Crippen LogP contribution in [0.2, 0.25) is 5.02 Å². The summed E-state index contributed by atoms with van der Waals surface area (Å²) in [7, 11) is 3.37. The number of nitrogens with zero attached hydrogens (tertiary/aromatic N) is 6. The van der Waals surface area contributed by atoms with Crippen LogP contribution in [0.15, 0.2) is 42.6 Å². The molecule has 2 saturated heterocycles. The average molecular weight is 731 g/mol. The van der Waals surface area contributed by atoms with Gasteiger partial charge in [0.25, 0.3) is 0 Å². The topological polar surface area (TPSA) is 123 Å². The molecule has 0 saturated carbocycles. The van der Waals surface area contributed by atoms with E-state index in [0.29, 0.717) is 23.2 Å². The van der Waals surface area contributed by atoms with Gasteiger partial charge in [0, 0.05) is 65.4 Å². The molecule has 2 fully saturated rings. The number of halogens is 1. The molecular weight excluding hydrogens is 688 g/mol. The maximum atomic E-state index is 12.8. The van der Waals surface area contributed by atoms with Crippen molar-refractivity contribution in [1.29, 1.82) is 0 Å². The first-order valence-electron chi connectivity index (χ1n) is 17.3. The quantitative estimate of drug-likeness (QED) is 0.178. The van der Waals surface area contributed by atoms with Crippen molar-refractivity contribution in [3.8, 4) is 21.7 Å². The van der Waals surface area contributed by atoms with E-state index < -0.39 is 17.7 Å². The molecule has 0 bridgehead atoms. The number of pyridine rings is 1. The predicted molar refractivity (Wildman–Crippen MR) is 199 cm³/mol. The molecule has 13 heteroatoms. The summed E-state index contributed by atoms with van der Waals surface area (Å²) in [5, 5.41) is 17.8. The molecule has 2 aliphatic rings. The normalized spacial score (nSPS) is 18.2. The fourth-order valence-electron chi connectivity index (χ4n) is 7.62. The molecule has 1 amide bonds. The van der Waals surface area contributed by atoms with Gasteiger partial charge in [0.15, 0.2) is 11.8 Å². The SMILES string of the molecule is COC(=O)N1CC[C@H](N2CCC(c3nn(C)c4ncc(-c5nc6cc(C)c([C@H](OC(C)(C)C)C(=O)O)c(-c7ccc(Cl)cc7)c6s5)cc34)CC2)C1. The number of aromatic nitrogens is 4. The van der Waals surface area contributed by atoms with E-state index in [2.05, 4.69) is 11.0 Å². The van der Waals surface area contributed by atoms with E-state index in [9.17, 15) is 14.7 Å². The fraction of sp³-hybridized carbons (Fsp3) is 0.447. The van der Waals surface area contributed by atoms with Crippen LogP contribution in [-0.4, -0.2) is 91.6 Å². The van der Waals surface area contributed by atoms with Gasteiger partial charge in [-0.15, -0.1) is 11.3 Å². The molecule has 0 aliphatic carbocycles. The van der Waals surface area contributed by atoms with Crippen LogP contribution in [0, 0.1) is 6.92 Å². The third-order valence-electron chi connectivity index (χ3n) is 10.0. The molecule has 51 heavy (non-hydrogen) atoms. The van der Waals surface area contributed by atoms with Gasteiger partial charge in [-0.3, -0.25) is 9.58 Å². The highest BCUT2D eigenvalue weighted by molar-refractivity contribution is 7.22. The third kappa shape index (κ3) is 6.94. The Morgan fingerprint density at radius 3 is 2.45 bits per heavy atom. The number of carboxylic acids is 1. The van der Waals surface area contributed by atoms with Crippen LogP contribution in [0.3, 0.4) is 0 Å². The molecule has 2 aromatic carbocycles. The van der Waals surface area contributed by atoms with Gasteiger partial charge in [-0.1, -0.05) is 23.7 Å². The van der Waals surface area contributed by atoms with E-state index in [1.807, 2.05) is 76.0 Å². The monoisotopic (exact) mass is 730 g/mol. The molecule has 0 unspecified atom stereocenters. The molecule has 0 spiro atoms. The number of aliphatic carboxylic acids is 1. The van der Waals surface area contributed by atoms with Gasteiger partial charge in [0.05, 0.1) is 28.6 Å². The molecule has 7 rings (SSSR count). The second-order valence-electron chi connectivity index (χ2n) is 14.6. The Hall–Kier alpha value is -4.10. The smallest absolute Gasteiger partial charge is 0.409 e. The van der Waals surface area contributed by atoms with E-state index in [4.69, 9.17) is 36.1 Å². The standard InChI is InChI=1S/C38H43ClN6O5S/c1-21-17-28-33(30(22-7-9-25(39)10-8-22)29(21)32(36(46)47)50-38(2,3)4)51-35(41-28)24-18-27-31(42-43(5)34(27)40-19-24)23-11-14-44(15-12-23)26-13-16-45(20-26)37(48)49-6/h7-10,17-19,23,26,32H,11-16,20H2,1-6H3,(H,46,47)/t26-,32-/m0/s1. The number of benzene rings is 2. The number of amides is 1. The first-order chi connectivity index (χ1) is 24.3. The zero-order valence-corrected chi connectivity index (χ0v) is 31.3. The lowest BCUT2D eigenvalue weighted by molar-refractivity contribution is -0.160. The van der Waals surface area contributed by atoms with Crippen LogP contribution >= 0.6 is 22.9 Å². The summed E-state index contributed by atoms with van der Waals surface area (Å²) in [6.45, 7) is 10.8. The van der Waals surface area contributed by atoms with Crippen molar-refractivity contribution in [3.63, 3.8) is 0 Å². The fourth-order valence-corrected chi connectivity index (χ4v) is 8.85. The summed E-state index contributed by atoms with van der Waals surface area (Å²) >= 11 is 7.80. The molecule has 11 nitrogen and oxygen atoms in total. The van der Waals surface area contributed by atoms with Crippen LogP contribution in [0.1, 0.15) is 68.9 Å². The van der Waals surface area contributed by atoms with Gasteiger partial charge in [0.1, 0.15) is 5.01 Å². The van der Waals surface area contributed by atoms with Gasteiger partial charge >= 0.3 is 12.1 Å². The Morgan fingerprint density at radius 1 is 1.06 bits per heavy atom. The van der Waals surface area contributed by atoms with Crippen molar-refractivity contribution in [2.24, 2.45) is 7.05 Å². The summed E-state index contributed by atoms with van der Waals surface area (Å²) in [5.74, 6) is -0.767. The third-order valence-corrected chi connectivity index (χ3v) is 11.4. The Balaban J connectivity index is 1.24. The second-order valence-corrected chi connectivity index (χ2v) is 16.0. The summed E-state index contributed by atoms with van der Waals surface area (Å²) in [6, 6.07) is 11.9. The van der Waals surface area contributed by atoms with Crippen LogP contribution in [0.4, 0.5) is 4.79 Å². The Bertz CT molecular complexity index is 2120. The molecule has 2 atom stereocenters. The first kappa shape index (κ1) is 35.3. The maximum absolute atomic E-state index is 12.8. The lowest BCUT2D eigenvalue weighted by Gasteiger charge is -2.35. The Kier molecular flexibility index (Phi) is 9.55. The van der Waals surface area contributed by atoms with Crippen LogP contribution < -0.4 is 0 Å². The molecule has 0 radical (unpaired) electrons. The van der Waals surface area contributed by atoms with Crippen molar-refractivity contribution in [2.75, 3.05) is 33.3 Å². The number of rotatable bonds is 7. The Morgan fingerprint density at radius 2 is 1.78 bits per heavy atom. The number of ether oxygens (including phenoxy) is 2. The Labute approximate surface area is 306 Å². The molecular formula is C38H43ClN6O5S. The lowest BCUT2D eigenvalue weighted by Crippen LogP contribution is -2.43. The van der Waals surface area contributed by atoms with E-state index >= 15 is 0 Å². The number of fused-ring (bicyclic) bond motifs is 2. The zero-order valence-electron chi connectivity index (χ0n) is 29.8. The molecule has 268 valence electrons. The van der Waals surface area contributed by atoms with Crippen LogP contribution in [0.25, 0.3) is 42.9 Å². The van der Waals surface area contributed by atoms with Gasteiger partial charge in [-0.2, -0.15) is 5.10 Å². The summed E-state index contributed by atoms with van der Waals surface area (Å²) in [4.78, 5) is 39.1. The molecule has 2 aliphatic heterocycles. The number of carbonyl (C=O) groups is 2. The van der Waals surface area contributed by atoms with Crippen LogP contribution in [0.5, 0.6) is 0 Å². The highest BCUT2D eigenvalue weighted by Crippen LogP contribution is 2.45. The van der Waals surface area contributed by atoms with Gasteiger partial charge < -0.3 is 19.5 Å². The molecule has 5 heterocycles. The minimum absolute atomic E-state index is 0.250. The van der Waals surface area contributed by atoms with Crippen molar-refractivity contribution in [3.05, 3.63) is 64.4 Å². The second kappa shape index (κ2) is 13.8. The van der Waals surface area contributed by atoms with Gasteiger partial charge in [0.2, 0.25) is 0 Å². The molecule has 3 aromatic heterocycles. The van der Waals surface area contributed by atoms with Crippen molar-refractivity contribution >= 4 is 56.3 Å². The zero-order chi connectivity index (χ0) is 36.2. The van der Waals surface area contributed by atoms with E-state index in [0.717, 1.165) is 93.1 Å². The van der Waals surface area contributed by atoms with Crippen molar-refractivity contribution in [1.82, 2.24) is 29.5 Å². The minimum Gasteiger partial charge on any atom is -0.479 e.